The number of piperidine rings is 1. The first-order chi connectivity index (χ1) is 10.6. The lowest BCUT2D eigenvalue weighted by atomic mass is 9.93. The van der Waals surface area contributed by atoms with Gasteiger partial charge in [0.1, 0.15) is 5.76 Å². The summed E-state index contributed by atoms with van der Waals surface area (Å²) >= 11 is 0. The van der Waals surface area contributed by atoms with Crippen LogP contribution in [0.4, 0.5) is 0 Å². The maximum Gasteiger partial charge on any atom is 0.289 e. The van der Waals surface area contributed by atoms with E-state index in [2.05, 4.69) is 5.32 Å². The molecule has 1 aromatic rings. The molecule has 23 heavy (non-hydrogen) atoms. The maximum atomic E-state index is 12.7. The molecule has 0 atom stereocenters. The van der Waals surface area contributed by atoms with Crippen LogP contribution in [0, 0.1) is 12.8 Å². The van der Waals surface area contributed by atoms with E-state index in [-0.39, 0.29) is 24.1 Å². The zero-order chi connectivity index (χ0) is 15.7. The average Bonchev–Trinajstić information content (AvgIpc) is 2.86. The van der Waals surface area contributed by atoms with E-state index in [0.717, 1.165) is 50.9 Å². The number of nitrogens with one attached hydrogen (secondary N) is 1. The number of hydrogen-bond acceptors (Lipinski definition) is 4. The summed E-state index contributed by atoms with van der Waals surface area (Å²) in [5.74, 6) is 1.80. The van der Waals surface area contributed by atoms with Gasteiger partial charge in [-0.25, -0.2) is 0 Å². The van der Waals surface area contributed by atoms with E-state index >= 15 is 0 Å². The van der Waals surface area contributed by atoms with Gasteiger partial charge in [-0.05, 0) is 45.7 Å². The first kappa shape index (κ1) is 18.0. The van der Waals surface area contributed by atoms with Gasteiger partial charge in [-0.3, -0.25) is 9.59 Å². The molecule has 0 aromatic carbocycles. The Hall–Kier alpha value is -1.33. The van der Waals surface area contributed by atoms with Crippen LogP contribution in [0.25, 0.3) is 0 Å². The molecule has 1 aromatic heterocycles. The predicted molar refractivity (Wildman–Crippen MR) is 90.5 cm³/mol. The molecule has 1 aliphatic heterocycles. The number of rotatable bonds is 3. The lowest BCUT2D eigenvalue weighted by molar-refractivity contribution is 0.0655. The Morgan fingerprint density at radius 3 is 2.61 bits per heavy atom. The molecule has 1 N–H and O–H groups in total. The summed E-state index contributed by atoms with van der Waals surface area (Å²) in [6, 6.07) is 0. The minimum absolute atomic E-state index is 0. The molecule has 2 heterocycles. The van der Waals surface area contributed by atoms with Crippen molar-refractivity contribution in [3.8, 4) is 0 Å². The van der Waals surface area contributed by atoms with Crippen LogP contribution in [0.5, 0.6) is 0 Å². The second kappa shape index (κ2) is 7.49. The number of fused-ring (bicyclic) bond motifs is 1. The van der Waals surface area contributed by atoms with Gasteiger partial charge < -0.3 is 14.6 Å². The first-order valence-corrected chi connectivity index (χ1v) is 8.21. The highest BCUT2D eigenvalue weighted by Gasteiger charge is 2.32. The summed E-state index contributed by atoms with van der Waals surface area (Å²) < 4.78 is 5.77. The molecule has 5 nitrogen and oxygen atoms in total. The van der Waals surface area contributed by atoms with Gasteiger partial charge in [0.05, 0.1) is 5.56 Å². The number of carbonyl (C=O) groups is 2. The predicted octanol–water partition coefficient (Wildman–Crippen LogP) is 2.60. The van der Waals surface area contributed by atoms with Crippen molar-refractivity contribution in [1.29, 1.82) is 0 Å². The summed E-state index contributed by atoms with van der Waals surface area (Å²) in [4.78, 5) is 26.6. The van der Waals surface area contributed by atoms with Gasteiger partial charge in [-0.15, -0.1) is 12.4 Å². The number of nitrogens with zero attached hydrogens (tertiary/aromatic N) is 1. The Kier molecular flexibility index (Phi) is 5.87. The van der Waals surface area contributed by atoms with Gasteiger partial charge in [-0.2, -0.15) is 0 Å². The normalized spacial score (nSPS) is 18.5. The Bertz CT molecular complexity index is 589. The van der Waals surface area contributed by atoms with E-state index in [1.807, 2.05) is 18.9 Å². The van der Waals surface area contributed by atoms with Crippen molar-refractivity contribution in [2.75, 3.05) is 26.7 Å². The Labute approximate surface area is 143 Å². The van der Waals surface area contributed by atoms with Crippen molar-refractivity contribution in [3.63, 3.8) is 0 Å². The van der Waals surface area contributed by atoms with Gasteiger partial charge in [0.25, 0.3) is 5.91 Å². The molecule has 0 spiro atoms. The molecule has 1 fully saturated rings. The fourth-order valence-electron chi connectivity index (χ4n) is 3.63. The van der Waals surface area contributed by atoms with Crippen LogP contribution in [0.3, 0.4) is 0 Å². The van der Waals surface area contributed by atoms with Crippen molar-refractivity contribution in [1.82, 2.24) is 10.2 Å². The van der Waals surface area contributed by atoms with E-state index in [4.69, 9.17) is 4.42 Å². The van der Waals surface area contributed by atoms with Crippen LogP contribution in [-0.4, -0.2) is 43.3 Å². The molecule has 0 bridgehead atoms. The topological polar surface area (TPSA) is 62.6 Å². The van der Waals surface area contributed by atoms with Crippen LogP contribution in [0.1, 0.15) is 57.9 Å². The zero-order valence-corrected chi connectivity index (χ0v) is 14.6. The molecule has 6 heteroatoms. The second-order valence-electron chi connectivity index (χ2n) is 6.42. The van der Waals surface area contributed by atoms with E-state index in [1.165, 1.54) is 0 Å². The SMILES string of the molecule is CNCC1CCN(C(=O)c2oc3c(c2C)C(=O)CCC3)CC1.Cl. The smallest absolute Gasteiger partial charge is 0.289 e. The number of ketones is 1. The highest BCUT2D eigenvalue weighted by Crippen LogP contribution is 2.30. The van der Waals surface area contributed by atoms with Crippen LogP contribution >= 0.6 is 12.4 Å². The van der Waals surface area contributed by atoms with Gasteiger partial charge in [-0.1, -0.05) is 0 Å². The highest BCUT2D eigenvalue weighted by molar-refractivity contribution is 6.03. The third-order valence-corrected chi connectivity index (χ3v) is 4.89. The summed E-state index contributed by atoms with van der Waals surface area (Å²) in [6.45, 7) is 4.38. The highest BCUT2D eigenvalue weighted by atomic mass is 35.5. The molecule has 0 unspecified atom stereocenters. The third-order valence-electron chi connectivity index (χ3n) is 4.89. The fourth-order valence-corrected chi connectivity index (χ4v) is 3.63. The number of hydrogen-bond donors (Lipinski definition) is 1. The summed E-state index contributed by atoms with van der Waals surface area (Å²) in [5, 5.41) is 3.20. The van der Waals surface area contributed by atoms with Crippen molar-refractivity contribution in [3.05, 3.63) is 22.6 Å². The van der Waals surface area contributed by atoms with E-state index in [9.17, 15) is 9.59 Å². The fraction of sp³-hybridized carbons (Fsp3) is 0.647. The van der Waals surface area contributed by atoms with Gasteiger partial charge in [0.2, 0.25) is 0 Å². The number of likely N-dealkylation sites (tertiary alicyclic amines) is 1. The van der Waals surface area contributed by atoms with Crippen molar-refractivity contribution >= 4 is 24.1 Å². The number of amides is 1. The maximum absolute atomic E-state index is 12.7. The number of furan rings is 1. The number of aryl methyl sites for hydroxylation is 1. The quantitative estimate of drug-likeness (QED) is 0.918. The largest absolute Gasteiger partial charge is 0.455 e. The minimum atomic E-state index is -0.0531. The molecule has 0 saturated carbocycles. The van der Waals surface area contributed by atoms with Crippen LogP contribution in [0.2, 0.25) is 0 Å². The van der Waals surface area contributed by atoms with Crippen LogP contribution in [0.15, 0.2) is 4.42 Å². The number of carbonyl (C=O) groups excluding carboxylic acids is 2. The van der Waals surface area contributed by atoms with Crippen LogP contribution < -0.4 is 5.32 Å². The van der Waals surface area contributed by atoms with Crippen molar-refractivity contribution < 1.29 is 14.0 Å². The monoisotopic (exact) mass is 340 g/mol. The number of halogens is 1. The molecule has 2 aliphatic rings. The average molecular weight is 341 g/mol. The zero-order valence-electron chi connectivity index (χ0n) is 13.8. The molecule has 0 radical (unpaired) electrons. The van der Waals surface area contributed by atoms with Gasteiger partial charge >= 0.3 is 0 Å². The first-order valence-electron chi connectivity index (χ1n) is 8.21. The molecule has 128 valence electrons. The van der Waals surface area contributed by atoms with Crippen molar-refractivity contribution in [2.45, 2.75) is 39.0 Å². The molecule has 1 aliphatic carbocycles. The van der Waals surface area contributed by atoms with E-state index in [1.54, 1.807) is 0 Å². The van der Waals surface area contributed by atoms with Gasteiger partial charge in [0, 0.05) is 31.5 Å². The summed E-state index contributed by atoms with van der Waals surface area (Å²) in [5.41, 5.74) is 1.40. The third kappa shape index (κ3) is 3.45. The standard InChI is InChI=1S/C17H24N2O3.ClH/c1-11-15-13(20)4-3-5-14(15)22-16(11)17(21)19-8-6-12(7-9-19)10-18-2;/h12,18H,3-10H2,1-2H3;1H. The second-order valence-corrected chi connectivity index (χ2v) is 6.42. The number of Topliss-reactive ketones (excluding diaryl/α,β-unsaturated/α-hetero) is 1. The van der Waals surface area contributed by atoms with Crippen molar-refractivity contribution in [2.24, 2.45) is 5.92 Å². The molecule has 1 saturated heterocycles. The van der Waals surface area contributed by atoms with Gasteiger partial charge in [0.15, 0.2) is 11.5 Å². The summed E-state index contributed by atoms with van der Waals surface area (Å²) in [7, 11) is 1.96. The Morgan fingerprint density at radius 1 is 1.30 bits per heavy atom. The lowest BCUT2D eigenvalue weighted by Gasteiger charge is -2.31. The Morgan fingerprint density at radius 2 is 2.00 bits per heavy atom. The van der Waals surface area contributed by atoms with E-state index in [0.29, 0.717) is 29.4 Å². The van der Waals surface area contributed by atoms with Crippen LogP contribution in [-0.2, 0) is 6.42 Å². The molecular weight excluding hydrogens is 316 g/mol. The summed E-state index contributed by atoms with van der Waals surface area (Å²) in [6.07, 6.45) is 4.19. The lowest BCUT2D eigenvalue weighted by Crippen LogP contribution is -2.40. The molecule has 3 rings (SSSR count). The molecular formula is C17H25ClN2O3. The Balaban J connectivity index is 0.00000192. The van der Waals surface area contributed by atoms with E-state index < -0.39 is 0 Å². The minimum Gasteiger partial charge on any atom is -0.455 e. The molecule has 1 amide bonds.